The first kappa shape index (κ1) is 14.9. The Kier molecular flexibility index (Phi) is 3.66. The summed E-state index contributed by atoms with van der Waals surface area (Å²) in [7, 11) is 0. The van der Waals surface area contributed by atoms with Gasteiger partial charge in [0.15, 0.2) is 5.41 Å². The number of aromatic nitrogens is 1. The van der Waals surface area contributed by atoms with Crippen LogP contribution in [0.3, 0.4) is 0 Å². The summed E-state index contributed by atoms with van der Waals surface area (Å²) >= 11 is 0. The standard InChI is InChI=1S/C17H13N5O/c18-6-13-12-3-5-23-8-14(12)15(11-2-1-4-22-7-11)17(9-19,10-20)16(13)21/h1-2,4,7,14-15,21H,3,5,8H2. The van der Waals surface area contributed by atoms with Gasteiger partial charge in [0, 0.05) is 24.2 Å². The lowest BCUT2D eigenvalue weighted by atomic mass is 9.57. The molecule has 23 heavy (non-hydrogen) atoms. The Morgan fingerprint density at radius 2 is 2.09 bits per heavy atom. The Morgan fingerprint density at radius 1 is 1.30 bits per heavy atom. The van der Waals surface area contributed by atoms with Crippen molar-refractivity contribution in [2.75, 3.05) is 13.2 Å². The lowest BCUT2D eigenvalue weighted by Crippen LogP contribution is -2.46. The molecule has 1 aromatic heterocycles. The van der Waals surface area contributed by atoms with Crippen LogP contribution in [0.2, 0.25) is 0 Å². The number of allylic oxidation sites excluding steroid dienone is 1. The zero-order valence-corrected chi connectivity index (χ0v) is 12.3. The number of hydrogen-bond acceptors (Lipinski definition) is 6. The number of nitrogens with one attached hydrogen (secondary N) is 1. The molecule has 0 aromatic carbocycles. The van der Waals surface area contributed by atoms with Crippen molar-refractivity contribution in [2.24, 2.45) is 11.3 Å². The summed E-state index contributed by atoms with van der Waals surface area (Å²) in [6.07, 6.45) is 3.78. The molecule has 0 bridgehead atoms. The number of nitriles is 3. The van der Waals surface area contributed by atoms with Crippen LogP contribution >= 0.6 is 0 Å². The van der Waals surface area contributed by atoms with E-state index in [1.807, 2.05) is 18.2 Å². The Bertz CT molecular complexity index is 792. The molecular weight excluding hydrogens is 290 g/mol. The molecule has 2 unspecified atom stereocenters. The van der Waals surface area contributed by atoms with E-state index in [9.17, 15) is 15.8 Å². The SMILES string of the molecule is N#CC1=C2CCOCC2C(c2cccnc2)C(C#N)(C#N)C1=N. The van der Waals surface area contributed by atoms with E-state index in [1.54, 1.807) is 24.5 Å². The van der Waals surface area contributed by atoms with Gasteiger partial charge in [-0.25, -0.2) is 0 Å². The minimum Gasteiger partial charge on any atom is -0.380 e. The molecule has 1 saturated heterocycles. The van der Waals surface area contributed by atoms with Gasteiger partial charge in [-0.05, 0) is 23.6 Å². The highest BCUT2D eigenvalue weighted by Gasteiger charge is 2.55. The predicted molar refractivity (Wildman–Crippen MR) is 79.9 cm³/mol. The minimum atomic E-state index is -1.71. The quantitative estimate of drug-likeness (QED) is 0.852. The maximum atomic E-state index is 9.74. The van der Waals surface area contributed by atoms with Crippen LogP contribution in [0.1, 0.15) is 17.9 Å². The van der Waals surface area contributed by atoms with Gasteiger partial charge in [-0.15, -0.1) is 0 Å². The average Bonchev–Trinajstić information content (AvgIpc) is 2.61. The van der Waals surface area contributed by atoms with Crippen molar-refractivity contribution < 1.29 is 4.74 Å². The molecule has 2 aliphatic rings. The first-order valence-electron chi connectivity index (χ1n) is 7.22. The van der Waals surface area contributed by atoms with Gasteiger partial charge in [0.1, 0.15) is 6.07 Å². The summed E-state index contributed by atoms with van der Waals surface area (Å²) < 4.78 is 5.55. The van der Waals surface area contributed by atoms with Crippen molar-refractivity contribution in [1.82, 2.24) is 4.98 Å². The minimum absolute atomic E-state index is 0.168. The highest BCUT2D eigenvalue weighted by Crippen LogP contribution is 2.51. The van der Waals surface area contributed by atoms with E-state index in [1.165, 1.54) is 0 Å². The Morgan fingerprint density at radius 3 is 2.70 bits per heavy atom. The van der Waals surface area contributed by atoms with Gasteiger partial charge in [0.2, 0.25) is 0 Å². The molecule has 112 valence electrons. The first-order chi connectivity index (χ1) is 11.2. The van der Waals surface area contributed by atoms with Crippen molar-refractivity contribution in [2.45, 2.75) is 12.3 Å². The van der Waals surface area contributed by atoms with Gasteiger partial charge in [0.05, 0.1) is 36.6 Å². The molecule has 2 atom stereocenters. The molecule has 1 fully saturated rings. The molecule has 1 aromatic rings. The van der Waals surface area contributed by atoms with Gasteiger partial charge in [0.25, 0.3) is 0 Å². The van der Waals surface area contributed by atoms with E-state index in [0.29, 0.717) is 25.2 Å². The first-order valence-corrected chi connectivity index (χ1v) is 7.22. The second-order valence-corrected chi connectivity index (χ2v) is 5.61. The molecule has 1 aliphatic carbocycles. The lowest BCUT2D eigenvalue weighted by Gasteiger charge is -2.43. The number of ether oxygens (including phenoxy) is 1. The average molecular weight is 303 g/mol. The Hall–Kier alpha value is -3.01. The fraction of sp³-hybridized carbons (Fsp3) is 0.353. The molecular formula is C17H13N5O. The van der Waals surface area contributed by atoms with Crippen molar-refractivity contribution in [1.29, 1.82) is 21.2 Å². The van der Waals surface area contributed by atoms with Crippen LogP contribution in [0.25, 0.3) is 0 Å². The molecule has 1 N–H and O–H groups in total. The number of rotatable bonds is 1. The van der Waals surface area contributed by atoms with Gasteiger partial charge in [-0.1, -0.05) is 6.07 Å². The number of fused-ring (bicyclic) bond motifs is 1. The molecule has 0 spiro atoms. The zero-order chi connectivity index (χ0) is 16.4. The summed E-state index contributed by atoms with van der Waals surface area (Å²) in [5.74, 6) is -0.831. The monoisotopic (exact) mass is 303 g/mol. The van der Waals surface area contributed by atoms with Gasteiger partial charge >= 0.3 is 0 Å². The topological polar surface area (TPSA) is 117 Å². The maximum absolute atomic E-state index is 9.74. The Labute approximate surface area is 133 Å². The van der Waals surface area contributed by atoms with Crippen molar-refractivity contribution in [3.8, 4) is 18.2 Å². The van der Waals surface area contributed by atoms with Crippen LogP contribution in [0.5, 0.6) is 0 Å². The van der Waals surface area contributed by atoms with Crippen LogP contribution in [0, 0.1) is 50.7 Å². The molecule has 2 heterocycles. The Balaban J connectivity index is 2.29. The van der Waals surface area contributed by atoms with Crippen LogP contribution in [0.15, 0.2) is 35.7 Å². The summed E-state index contributed by atoms with van der Waals surface area (Å²) in [5, 5.41) is 37.3. The molecule has 0 amide bonds. The summed E-state index contributed by atoms with van der Waals surface area (Å²) in [4.78, 5) is 4.08. The van der Waals surface area contributed by atoms with Crippen LogP contribution in [-0.4, -0.2) is 23.9 Å². The van der Waals surface area contributed by atoms with Crippen LogP contribution < -0.4 is 0 Å². The number of nitrogens with zero attached hydrogens (tertiary/aromatic N) is 4. The lowest BCUT2D eigenvalue weighted by molar-refractivity contribution is 0.0666. The normalized spacial score (nSPS) is 25.7. The maximum Gasteiger partial charge on any atom is 0.193 e. The summed E-state index contributed by atoms with van der Waals surface area (Å²) in [6, 6.07) is 9.59. The highest BCUT2D eigenvalue weighted by molar-refractivity contribution is 6.11. The van der Waals surface area contributed by atoms with Crippen molar-refractivity contribution in [3.05, 3.63) is 41.2 Å². The van der Waals surface area contributed by atoms with Crippen LogP contribution in [-0.2, 0) is 4.74 Å². The summed E-state index contributed by atoms with van der Waals surface area (Å²) in [5.41, 5.74) is -0.208. The largest absolute Gasteiger partial charge is 0.380 e. The molecule has 6 nitrogen and oxygen atoms in total. The predicted octanol–water partition coefficient (Wildman–Crippen LogP) is 2.09. The van der Waals surface area contributed by atoms with E-state index in [4.69, 9.17) is 10.1 Å². The van der Waals surface area contributed by atoms with Crippen LogP contribution in [0.4, 0.5) is 0 Å². The van der Waals surface area contributed by atoms with E-state index in [0.717, 1.165) is 5.57 Å². The van der Waals surface area contributed by atoms with Crippen molar-refractivity contribution >= 4 is 5.71 Å². The third-order valence-corrected chi connectivity index (χ3v) is 4.60. The molecule has 3 rings (SSSR count). The van der Waals surface area contributed by atoms with E-state index >= 15 is 0 Å². The highest BCUT2D eigenvalue weighted by atomic mass is 16.5. The van der Waals surface area contributed by atoms with Gasteiger partial charge in [-0.3, -0.25) is 4.98 Å². The van der Waals surface area contributed by atoms with E-state index in [2.05, 4.69) is 4.98 Å². The third-order valence-electron chi connectivity index (χ3n) is 4.60. The second kappa shape index (κ2) is 5.65. The molecule has 1 aliphatic heterocycles. The van der Waals surface area contributed by atoms with Crippen molar-refractivity contribution in [3.63, 3.8) is 0 Å². The van der Waals surface area contributed by atoms with E-state index in [-0.39, 0.29) is 17.2 Å². The third kappa shape index (κ3) is 2.03. The van der Waals surface area contributed by atoms with Gasteiger partial charge in [-0.2, -0.15) is 15.8 Å². The molecule has 0 radical (unpaired) electrons. The zero-order valence-electron chi connectivity index (χ0n) is 12.3. The number of hydrogen-bond donors (Lipinski definition) is 1. The fourth-order valence-electron chi connectivity index (χ4n) is 3.55. The smallest absolute Gasteiger partial charge is 0.193 e. The second-order valence-electron chi connectivity index (χ2n) is 5.61. The number of pyridine rings is 1. The summed E-state index contributed by atoms with van der Waals surface area (Å²) in [6.45, 7) is 0.814. The van der Waals surface area contributed by atoms with E-state index < -0.39 is 11.3 Å². The fourth-order valence-corrected chi connectivity index (χ4v) is 3.55. The molecule has 0 saturated carbocycles. The molecule has 6 heteroatoms. The van der Waals surface area contributed by atoms with Gasteiger partial charge < -0.3 is 10.1 Å².